The number of aliphatic hydroxyl groups excluding tert-OH is 1. The SMILES string of the molecule is C=C/C(C)=C\C[C@]1(C)[C@H](C)C[C@H](O)[C@@]23C(=C[C@H](OC(=O)CCC)C[C@@H]12)[C@@H](OC)O[C@H]3OC(C)=O. The summed E-state index contributed by atoms with van der Waals surface area (Å²) in [6.07, 6.45) is 5.53. The molecule has 1 heterocycles. The number of hydrogen-bond donors (Lipinski definition) is 1. The van der Waals surface area contributed by atoms with Crippen LogP contribution >= 0.6 is 0 Å². The van der Waals surface area contributed by atoms with E-state index in [1.54, 1.807) is 0 Å². The summed E-state index contributed by atoms with van der Waals surface area (Å²) < 4.78 is 23.3. The number of carbonyl (C=O) groups excluding carboxylic acids is 2. The van der Waals surface area contributed by atoms with E-state index in [1.165, 1.54) is 14.0 Å². The van der Waals surface area contributed by atoms with Crippen LogP contribution in [0.2, 0.25) is 0 Å². The van der Waals surface area contributed by atoms with Crippen molar-refractivity contribution in [1.82, 2.24) is 0 Å². The molecule has 0 aromatic rings. The van der Waals surface area contributed by atoms with Crippen molar-refractivity contribution in [2.45, 2.75) is 91.5 Å². The monoisotopic (exact) mass is 476 g/mol. The molecule has 1 aliphatic heterocycles. The van der Waals surface area contributed by atoms with Crippen molar-refractivity contribution in [3.05, 3.63) is 36.0 Å². The zero-order valence-electron chi connectivity index (χ0n) is 21.3. The fourth-order valence-electron chi connectivity index (χ4n) is 6.24. The molecule has 1 saturated heterocycles. The first-order valence-electron chi connectivity index (χ1n) is 12.3. The van der Waals surface area contributed by atoms with Crippen LogP contribution in [-0.2, 0) is 28.5 Å². The third kappa shape index (κ3) is 4.50. The third-order valence-corrected chi connectivity index (χ3v) is 8.26. The first kappa shape index (κ1) is 26.6. The van der Waals surface area contributed by atoms with Crippen molar-refractivity contribution < 1.29 is 33.6 Å². The molecule has 3 rings (SSSR count). The van der Waals surface area contributed by atoms with Gasteiger partial charge in [-0.2, -0.15) is 0 Å². The number of esters is 2. The van der Waals surface area contributed by atoms with Crippen molar-refractivity contribution in [1.29, 1.82) is 0 Å². The van der Waals surface area contributed by atoms with Crippen molar-refractivity contribution in [3.63, 3.8) is 0 Å². The predicted molar refractivity (Wildman–Crippen MR) is 127 cm³/mol. The largest absolute Gasteiger partial charge is 0.458 e. The molecule has 0 radical (unpaired) electrons. The molecule has 3 aliphatic rings. The molecule has 2 aliphatic carbocycles. The smallest absolute Gasteiger partial charge is 0.306 e. The van der Waals surface area contributed by atoms with Gasteiger partial charge in [-0.15, -0.1) is 0 Å². The second-order valence-electron chi connectivity index (χ2n) is 10.3. The summed E-state index contributed by atoms with van der Waals surface area (Å²) in [5.74, 6) is -0.787. The number of allylic oxidation sites excluding steroid dienone is 3. The third-order valence-electron chi connectivity index (χ3n) is 8.26. The quantitative estimate of drug-likeness (QED) is 0.314. The van der Waals surface area contributed by atoms with Crippen LogP contribution in [0.15, 0.2) is 36.0 Å². The van der Waals surface area contributed by atoms with Gasteiger partial charge in [0, 0.05) is 26.0 Å². The van der Waals surface area contributed by atoms with E-state index in [0.29, 0.717) is 31.3 Å². The Kier molecular flexibility index (Phi) is 8.10. The van der Waals surface area contributed by atoms with E-state index in [4.69, 9.17) is 18.9 Å². The van der Waals surface area contributed by atoms with Gasteiger partial charge in [0.15, 0.2) is 6.29 Å². The lowest BCUT2D eigenvalue weighted by Gasteiger charge is -2.60. The molecule has 0 aromatic carbocycles. The average molecular weight is 477 g/mol. The zero-order chi connectivity index (χ0) is 25.3. The summed E-state index contributed by atoms with van der Waals surface area (Å²) in [6, 6.07) is 0. The standard InChI is InChI=1S/C27H40O7/c1-8-10-23(30)33-19-14-20-24(31-7)34-25(32-18(5)28)27(20)21(15-19)26(6,12-11-16(3)9-2)17(4)13-22(27)29/h9,11,14,17,19,21-22,24-25,29H,2,8,10,12-13,15H2,1,3-7H3/b16-11-/t17-,19+,21+,22+,24+,25-,26-,27-/m1/s1. The van der Waals surface area contributed by atoms with Gasteiger partial charge in [0.1, 0.15) is 6.10 Å². The minimum absolute atomic E-state index is 0.151. The molecule has 190 valence electrons. The van der Waals surface area contributed by atoms with Crippen LogP contribution in [0, 0.1) is 22.7 Å². The lowest BCUT2D eigenvalue weighted by molar-refractivity contribution is -0.254. The Labute approximate surface area is 203 Å². The fourth-order valence-corrected chi connectivity index (χ4v) is 6.24. The van der Waals surface area contributed by atoms with Crippen LogP contribution in [0.4, 0.5) is 0 Å². The lowest BCUT2D eigenvalue weighted by Crippen LogP contribution is -2.63. The Balaban J connectivity index is 2.17. The highest BCUT2D eigenvalue weighted by atomic mass is 16.8. The molecular formula is C27H40O7. The topological polar surface area (TPSA) is 91.3 Å². The summed E-state index contributed by atoms with van der Waals surface area (Å²) in [4.78, 5) is 24.5. The highest BCUT2D eigenvalue weighted by Gasteiger charge is 2.70. The summed E-state index contributed by atoms with van der Waals surface area (Å²) in [5.41, 5.74) is 0.474. The maximum Gasteiger partial charge on any atom is 0.306 e. The molecule has 0 amide bonds. The van der Waals surface area contributed by atoms with E-state index in [1.807, 2.05) is 26.0 Å². The highest BCUT2D eigenvalue weighted by Crippen LogP contribution is 2.67. The van der Waals surface area contributed by atoms with Crippen molar-refractivity contribution in [3.8, 4) is 0 Å². The van der Waals surface area contributed by atoms with Crippen LogP contribution in [0.5, 0.6) is 0 Å². The number of methoxy groups -OCH3 is 1. The van der Waals surface area contributed by atoms with Gasteiger partial charge in [0.2, 0.25) is 6.29 Å². The second kappa shape index (κ2) is 10.3. The van der Waals surface area contributed by atoms with Gasteiger partial charge < -0.3 is 24.1 Å². The van der Waals surface area contributed by atoms with Crippen LogP contribution in [0.25, 0.3) is 0 Å². The summed E-state index contributed by atoms with van der Waals surface area (Å²) >= 11 is 0. The van der Waals surface area contributed by atoms with E-state index in [2.05, 4.69) is 26.5 Å². The number of rotatable bonds is 8. The van der Waals surface area contributed by atoms with Crippen LogP contribution < -0.4 is 0 Å². The number of carbonyl (C=O) groups is 2. The van der Waals surface area contributed by atoms with Gasteiger partial charge >= 0.3 is 11.9 Å². The molecule has 7 nitrogen and oxygen atoms in total. The van der Waals surface area contributed by atoms with E-state index < -0.39 is 36.2 Å². The van der Waals surface area contributed by atoms with Crippen molar-refractivity contribution in [2.24, 2.45) is 22.7 Å². The van der Waals surface area contributed by atoms with E-state index in [9.17, 15) is 14.7 Å². The predicted octanol–water partition coefficient (Wildman–Crippen LogP) is 4.45. The molecule has 0 bridgehead atoms. The molecule has 8 atom stereocenters. The Morgan fingerprint density at radius 1 is 1.29 bits per heavy atom. The van der Waals surface area contributed by atoms with Crippen molar-refractivity contribution >= 4 is 11.9 Å². The van der Waals surface area contributed by atoms with Gasteiger partial charge in [-0.25, -0.2) is 0 Å². The molecule has 34 heavy (non-hydrogen) atoms. The molecule has 1 spiro atoms. The Hall–Kier alpha value is -1.96. The number of aliphatic hydroxyl groups is 1. The summed E-state index contributed by atoms with van der Waals surface area (Å²) in [7, 11) is 1.52. The minimum Gasteiger partial charge on any atom is -0.458 e. The van der Waals surface area contributed by atoms with Gasteiger partial charge in [-0.3, -0.25) is 9.59 Å². The first-order chi connectivity index (χ1) is 16.0. The molecule has 1 saturated carbocycles. The minimum atomic E-state index is -0.996. The van der Waals surface area contributed by atoms with Gasteiger partial charge in [-0.05, 0) is 55.9 Å². The maximum atomic E-state index is 12.4. The first-order valence-corrected chi connectivity index (χ1v) is 12.3. The summed E-state index contributed by atoms with van der Waals surface area (Å²) in [5, 5.41) is 11.6. The van der Waals surface area contributed by atoms with E-state index >= 15 is 0 Å². The number of ether oxygens (including phenoxy) is 4. The molecule has 2 fully saturated rings. The Bertz CT molecular complexity index is 861. The van der Waals surface area contributed by atoms with Crippen LogP contribution in [0.3, 0.4) is 0 Å². The maximum absolute atomic E-state index is 12.4. The lowest BCUT2D eigenvalue weighted by atomic mass is 9.45. The van der Waals surface area contributed by atoms with Gasteiger partial charge in [0.05, 0.1) is 11.5 Å². The zero-order valence-corrected chi connectivity index (χ0v) is 21.3. The highest BCUT2D eigenvalue weighted by molar-refractivity contribution is 5.69. The molecule has 1 N–H and O–H groups in total. The van der Waals surface area contributed by atoms with Crippen LogP contribution in [0.1, 0.15) is 66.7 Å². The Morgan fingerprint density at radius 2 is 2.00 bits per heavy atom. The number of hydrogen-bond acceptors (Lipinski definition) is 7. The van der Waals surface area contributed by atoms with Gasteiger partial charge in [-0.1, -0.05) is 45.1 Å². The fraction of sp³-hybridized carbons (Fsp3) is 0.704. The van der Waals surface area contributed by atoms with Crippen LogP contribution in [-0.4, -0.2) is 48.9 Å². The second-order valence-corrected chi connectivity index (χ2v) is 10.3. The van der Waals surface area contributed by atoms with Crippen molar-refractivity contribution in [2.75, 3.05) is 7.11 Å². The molecule has 7 heteroatoms. The average Bonchev–Trinajstić information content (AvgIpc) is 3.09. The summed E-state index contributed by atoms with van der Waals surface area (Å²) in [6.45, 7) is 13.5. The van der Waals surface area contributed by atoms with Gasteiger partial charge in [0.25, 0.3) is 0 Å². The molecular weight excluding hydrogens is 436 g/mol. The normalized spacial score (nSPS) is 39.5. The van der Waals surface area contributed by atoms with E-state index in [-0.39, 0.29) is 23.2 Å². The molecule has 0 unspecified atom stereocenters. The Morgan fingerprint density at radius 3 is 2.59 bits per heavy atom. The van der Waals surface area contributed by atoms with E-state index in [0.717, 1.165) is 12.0 Å². The molecule has 0 aromatic heterocycles.